The number of allylic oxidation sites excluding steroid dienone is 2. The molecule has 4 heteroatoms. The molecule has 51 heavy (non-hydrogen) atoms. The zero-order chi connectivity index (χ0) is 33.5. The van der Waals surface area contributed by atoms with Gasteiger partial charge in [0.05, 0.1) is 0 Å². The molecule has 16 fully saturated rings. The number of rotatable bonds is 8. The Balaban J connectivity index is 0.913. The molecule has 0 atom stereocenters. The summed E-state index contributed by atoms with van der Waals surface area (Å²) in [5, 5.41) is 2.65. The average molecular weight is 729 g/mol. The minimum absolute atomic E-state index is 0.123. The van der Waals surface area contributed by atoms with Gasteiger partial charge in [-0.05, 0) is 246 Å². The van der Waals surface area contributed by atoms with Gasteiger partial charge < -0.3 is 9.47 Å². The molecule has 0 aromatic rings. The van der Waals surface area contributed by atoms with Crippen molar-refractivity contribution in [2.75, 3.05) is 12.3 Å². The maximum atomic E-state index is 7.34. The molecule has 17 aliphatic rings. The van der Waals surface area contributed by atoms with Crippen LogP contribution < -0.4 is 0 Å². The summed E-state index contributed by atoms with van der Waals surface area (Å²) >= 11 is 0. The van der Waals surface area contributed by atoms with Crippen LogP contribution in [0.5, 0.6) is 0 Å². The highest BCUT2D eigenvalue weighted by atomic mass is 31.1. The zero-order valence-corrected chi connectivity index (χ0v) is 34.3. The van der Waals surface area contributed by atoms with Gasteiger partial charge in [-0.3, -0.25) is 0 Å². The summed E-state index contributed by atoms with van der Waals surface area (Å²) in [6.07, 6.45) is 40.9. The van der Waals surface area contributed by atoms with Gasteiger partial charge in [0.25, 0.3) is 0 Å². The first-order valence-corrected chi connectivity index (χ1v) is 26.3. The minimum atomic E-state index is -0.474. The first-order valence-electron chi connectivity index (χ1n) is 23.2. The largest absolute Gasteiger partial charge is 0.453 e. The maximum Gasteiger partial charge on any atom is 0.245 e. The Morgan fingerprint density at radius 2 is 0.529 bits per heavy atom. The van der Waals surface area contributed by atoms with Crippen LogP contribution in [0.1, 0.15) is 168 Å². The second kappa shape index (κ2) is 10.8. The molecule has 16 bridgehead atoms. The van der Waals surface area contributed by atoms with Crippen LogP contribution in [0.3, 0.4) is 0 Å². The van der Waals surface area contributed by atoms with Crippen molar-refractivity contribution < 1.29 is 9.47 Å². The summed E-state index contributed by atoms with van der Waals surface area (Å²) in [6, 6.07) is 0. The highest BCUT2D eigenvalue weighted by molar-refractivity contribution is 7.61. The SMILES string of the molecule is CC1(C)OC(CP(C23CC4CC(CC(C4)C2)C3)C23CC4CC(CC(C4)C2)C3)=C(CP(C23CC4CC(CC(C4)C2)C3)C23CC4CC(CC(C4)C2)C3)O1. The average Bonchev–Trinajstić information content (AvgIpc) is 3.32. The van der Waals surface area contributed by atoms with Crippen LogP contribution in [0.2, 0.25) is 0 Å². The first kappa shape index (κ1) is 32.3. The van der Waals surface area contributed by atoms with E-state index in [-0.39, 0.29) is 15.8 Å². The van der Waals surface area contributed by atoms with Crippen molar-refractivity contribution >= 4 is 15.8 Å². The molecule has 0 unspecified atom stereocenters. The van der Waals surface area contributed by atoms with Gasteiger partial charge in [-0.2, -0.15) is 0 Å². The molecule has 2 nitrogen and oxygen atoms in total. The van der Waals surface area contributed by atoms with Crippen molar-refractivity contribution in [3.63, 3.8) is 0 Å². The number of hydrogen-bond acceptors (Lipinski definition) is 2. The predicted molar refractivity (Wildman–Crippen MR) is 210 cm³/mol. The van der Waals surface area contributed by atoms with Crippen LogP contribution >= 0.6 is 15.8 Å². The lowest BCUT2D eigenvalue weighted by molar-refractivity contribution is -0.121. The fourth-order valence-electron chi connectivity index (χ4n) is 20.5. The Kier molecular flexibility index (Phi) is 6.82. The van der Waals surface area contributed by atoms with Gasteiger partial charge in [-0.25, -0.2) is 0 Å². The molecule has 0 aromatic heterocycles. The normalized spacial score (nSPS) is 58.4. The highest BCUT2D eigenvalue weighted by Crippen LogP contribution is 2.82. The van der Waals surface area contributed by atoms with Gasteiger partial charge in [0.2, 0.25) is 5.79 Å². The van der Waals surface area contributed by atoms with Crippen molar-refractivity contribution in [1.82, 2.24) is 0 Å². The molecule has 1 aliphatic heterocycles. The summed E-state index contributed by atoms with van der Waals surface area (Å²) in [5.74, 6) is 15.1. The smallest absolute Gasteiger partial charge is 0.245 e. The highest BCUT2D eigenvalue weighted by Gasteiger charge is 2.65. The molecule has 0 N–H and O–H groups in total. The molecule has 0 saturated heterocycles. The van der Waals surface area contributed by atoms with Crippen molar-refractivity contribution in [2.45, 2.75) is 194 Å². The quantitative estimate of drug-likeness (QED) is 0.232. The van der Waals surface area contributed by atoms with Crippen molar-refractivity contribution in [3.8, 4) is 0 Å². The van der Waals surface area contributed by atoms with E-state index in [1.54, 1.807) is 154 Å². The van der Waals surface area contributed by atoms with Crippen molar-refractivity contribution in [1.29, 1.82) is 0 Å². The molecular weight excluding hydrogens is 658 g/mol. The minimum Gasteiger partial charge on any atom is -0.453 e. The second-order valence-electron chi connectivity index (χ2n) is 24.2. The van der Waals surface area contributed by atoms with Gasteiger partial charge in [-0.15, -0.1) is 0 Å². The number of hydrogen-bond donors (Lipinski definition) is 0. The topological polar surface area (TPSA) is 18.5 Å². The standard InChI is InChI=1S/C47H70O2P2/c1-43(2)48-41(27-50(44-15-29-3-30(16-44)5-31(4-29)17-44)45-18-32-6-33(19-45)8-34(7-32)20-45)42(49-43)28-51(46-21-35-9-36(22-46)11-37(10-35)23-46)47-24-38-12-39(25-47)14-40(13-38)26-47/h29-40H,3-28H2,1-2H3. The lowest BCUT2D eigenvalue weighted by Gasteiger charge is -2.68. The maximum absolute atomic E-state index is 7.34. The molecule has 0 radical (unpaired) electrons. The summed E-state index contributed by atoms with van der Waals surface area (Å²) in [6.45, 7) is 4.60. The first-order chi connectivity index (χ1) is 24.6. The van der Waals surface area contributed by atoms with E-state index in [1.807, 2.05) is 0 Å². The summed E-state index contributed by atoms with van der Waals surface area (Å²) < 4.78 is 14.7. The van der Waals surface area contributed by atoms with E-state index < -0.39 is 5.79 Å². The molecule has 16 saturated carbocycles. The number of ether oxygens (including phenoxy) is 2. The third-order valence-corrected chi connectivity index (χ3v) is 27.9. The van der Waals surface area contributed by atoms with Crippen LogP contribution in [0.4, 0.5) is 0 Å². The van der Waals surface area contributed by atoms with Crippen LogP contribution in [0.15, 0.2) is 11.5 Å². The monoisotopic (exact) mass is 728 g/mol. The summed E-state index contributed by atoms with van der Waals surface area (Å²) in [5.41, 5.74) is 0. The van der Waals surface area contributed by atoms with Crippen LogP contribution in [0, 0.1) is 71.0 Å². The Morgan fingerprint density at radius 3 is 0.706 bits per heavy atom. The molecule has 17 rings (SSSR count). The Hall–Kier alpha value is 0.200. The molecule has 0 aromatic carbocycles. The van der Waals surface area contributed by atoms with Gasteiger partial charge in [0.15, 0.2) is 0 Å². The second-order valence-corrected chi connectivity index (χ2v) is 30.3. The van der Waals surface area contributed by atoms with E-state index in [0.717, 1.165) is 71.0 Å². The molecule has 1 heterocycles. The van der Waals surface area contributed by atoms with E-state index in [4.69, 9.17) is 9.47 Å². The van der Waals surface area contributed by atoms with E-state index in [1.165, 1.54) is 23.8 Å². The van der Waals surface area contributed by atoms with Crippen LogP contribution in [-0.2, 0) is 9.47 Å². The Labute approximate surface area is 313 Å². The lowest BCUT2D eigenvalue weighted by atomic mass is 9.55. The fourth-order valence-corrected chi connectivity index (χ4v) is 30.7. The van der Waals surface area contributed by atoms with Crippen molar-refractivity contribution in [3.05, 3.63) is 11.5 Å². The summed E-state index contributed by atoms with van der Waals surface area (Å²) in [7, 11) is -0.245. The van der Waals surface area contributed by atoms with Crippen molar-refractivity contribution in [2.24, 2.45) is 71.0 Å². The molecule has 0 amide bonds. The third kappa shape index (κ3) is 4.90. The van der Waals surface area contributed by atoms with Crippen LogP contribution in [-0.4, -0.2) is 38.7 Å². The van der Waals surface area contributed by atoms with E-state index >= 15 is 0 Å². The van der Waals surface area contributed by atoms with E-state index in [9.17, 15) is 0 Å². The van der Waals surface area contributed by atoms with Gasteiger partial charge in [0.1, 0.15) is 11.5 Å². The Morgan fingerprint density at radius 1 is 0.353 bits per heavy atom. The molecule has 280 valence electrons. The third-order valence-electron chi connectivity index (χ3n) is 20.0. The fraction of sp³-hybridized carbons (Fsp3) is 0.957. The van der Waals surface area contributed by atoms with Gasteiger partial charge in [-0.1, -0.05) is 15.8 Å². The van der Waals surface area contributed by atoms with E-state index in [2.05, 4.69) is 13.8 Å². The molecule has 0 spiro atoms. The predicted octanol–water partition coefficient (Wildman–Crippen LogP) is 12.8. The zero-order valence-electron chi connectivity index (χ0n) is 32.5. The van der Waals surface area contributed by atoms with Crippen LogP contribution in [0.25, 0.3) is 0 Å². The van der Waals surface area contributed by atoms with E-state index in [0.29, 0.717) is 20.6 Å². The molecular formula is C47H70O2P2. The van der Waals surface area contributed by atoms with Gasteiger partial charge in [0, 0.05) is 26.2 Å². The molecule has 16 aliphatic carbocycles. The summed E-state index contributed by atoms with van der Waals surface area (Å²) in [4.78, 5) is 0. The van der Waals surface area contributed by atoms with Gasteiger partial charge >= 0.3 is 0 Å². The Bertz CT molecular complexity index is 1170. The lowest BCUT2D eigenvalue weighted by Crippen LogP contribution is -2.57.